The molecule has 1 rings (SSSR count). The first-order chi connectivity index (χ1) is 8.24. The van der Waals surface area contributed by atoms with Gasteiger partial charge in [-0.15, -0.1) is 0 Å². The number of benzene rings is 1. The van der Waals surface area contributed by atoms with Gasteiger partial charge in [-0.05, 0) is 32.0 Å². The third-order valence-corrected chi connectivity index (χ3v) is 2.78. The van der Waals surface area contributed by atoms with Gasteiger partial charge in [-0.1, -0.05) is 18.2 Å². The summed E-state index contributed by atoms with van der Waals surface area (Å²) in [6.45, 7) is 5.01. The quantitative estimate of drug-likeness (QED) is 0.700. The molecule has 0 spiro atoms. The normalized spacial score (nSPS) is 12.4. The number of methoxy groups -OCH3 is 1. The fourth-order valence-electron chi connectivity index (χ4n) is 1.79. The van der Waals surface area contributed by atoms with Gasteiger partial charge < -0.3 is 15.0 Å². The number of anilines is 1. The van der Waals surface area contributed by atoms with Crippen LogP contribution < -0.4 is 10.2 Å². The first kappa shape index (κ1) is 14.0. The van der Waals surface area contributed by atoms with Gasteiger partial charge in [-0.2, -0.15) is 0 Å². The Hall–Kier alpha value is -1.06. The highest BCUT2D eigenvalue weighted by molar-refractivity contribution is 5.44. The van der Waals surface area contributed by atoms with Gasteiger partial charge in [0.2, 0.25) is 0 Å². The van der Waals surface area contributed by atoms with Crippen LogP contribution in [0.15, 0.2) is 30.3 Å². The van der Waals surface area contributed by atoms with E-state index in [1.54, 1.807) is 7.11 Å². The minimum atomic E-state index is 0.432. The van der Waals surface area contributed by atoms with Crippen LogP contribution >= 0.6 is 0 Å². The molecule has 1 atom stereocenters. The maximum Gasteiger partial charge on any atom is 0.0613 e. The summed E-state index contributed by atoms with van der Waals surface area (Å²) in [4.78, 5) is 2.28. The van der Waals surface area contributed by atoms with Crippen molar-refractivity contribution in [2.75, 3.05) is 38.8 Å². The fourth-order valence-corrected chi connectivity index (χ4v) is 1.79. The highest BCUT2D eigenvalue weighted by Crippen LogP contribution is 2.10. The van der Waals surface area contributed by atoms with E-state index in [1.807, 2.05) is 6.07 Å². The Morgan fingerprint density at radius 1 is 1.29 bits per heavy atom. The summed E-state index contributed by atoms with van der Waals surface area (Å²) >= 11 is 0. The minimum absolute atomic E-state index is 0.432. The molecule has 0 amide bonds. The number of nitrogens with one attached hydrogen (secondary N) is 1. The Kier molecular flexibility index (Phi) is 6.67. The minimum Gasteiger partial charge on any atom is -0.383 e. The second kappa shape index (κ2) is 8.09. The third kappa shape index (κ3) is 5.71. The lowest BCUT2D eigenvalue weighted by molar-refractivity contribution is 0.172. The van der Waals surface area contributed by atoms with Crippen molar-refractivity contribution in [2.45, 2.75) is 19.4 Å². The zero-order valence-electron chi connectivity index (χ0n) is 11.1. The van der Waals surface area contributed by atoms with Crippen LogP contribution in [0.25, 0.3) is 0 Å². The molecule has 0 bridgehead atoms. The summed E-state index contributed by atoms with van der Waals surface area (Å²) < 4.78 is 5.08. The molecule has 0 aliphatic heterocycles. The molecule has 3 heteroatoms. The van der Waals surface area contributed by atoms with Gasteiger partial charge in [0.15, 0.2) is 0 Å². The predicted octanol–water partition coefficient (Wildman–Crippen LogP) is 2.14. The van der Waals surface area contributed by atoms with Crippen LogP contribution in [0, 0.1) is 0 Å². The smallest absolute Gasteiger partial charge is 0.0613 e. The SMILES string of the molecule is COCC(C)NCCCN(C)c1ccccc1. The Morgan fingerprint density at radius 3 is 2.65 bits per heavy atom. The molecule has 0 heterocycles. The van der Waals surface area contributed by atoms with Crippen molar-refractivity contribution in [3.63, 3.8) is 0 Å². The van der Waals surface area contributed by atoms with Crippen molar-refractivity contribution in [1.29, 1.82) is 0 Å². The van der Waals surface area contributed by atoms with Crippen molar-refractivity contribution >= 4 is 5.69 Å². The third-order valence-electron chi connectivity index (χ3n) is 2.78. The molecule has 0 aliphatic rings. The Morgan fingerprint density at radius 2 is 2.00 bits per heavy atom. The van der Waals surface area contributed by atoms with Crippen LogP contribution in [0.2, 0.25) is 0 Å². The van der Waals surface area contributed by atoms with Gasteiger partial charge >= 0.3 is 0 Å². The molecule has 0 aliphatic carbocycles. The molecule has 1 unspecified atom stereocenters. The van der Waals surface area contributed by atoms with E-state index in [2.05, 4.69) is 48.5 Å². The molecule has 1 N–H and O–H groups in total. The molecule has 3 nitrogen and oxygen atoms in total. The predicted molar refractivity (Wildman–Crippen MR) is 73.7 cm³/mol. The Labute approximate surface area is 105 Å². The fraction of sp³-hybridized carbons (Fsp3) is 0.571. The Bertz CT molecular complexity index is 290. The van der Waals surface area contributed by atoms with E-state index in [0.29, 0.717) is 6.04 Å². The number of nitrogens with zero attached hydrogens (tertiary/aromatic N) is 1. The van der Waals surface area contributed by atoms with E-state index in [4.69, 9.17) is 4.74 Å². The lowest BCUT2D eigenvalue weighted by atomic mass is 10.2. The average Bonchev–Trinajstić information content (AvgIpc) is 2.36. The van der Waals surface area contributed by atoms with E-state index >= 15 is 0 Å². The molecule has 96 valence electrons. The van der Waals surface area contributed by atoms with Crippen molar-refractivity contribution in [2.24, 2.45) is 0 Å². The van der Waals surface area contributed by atoms with Crippen molar-refractivity contribution in [1.82, 2.24) is 5.32 Å². The van der Waals surface area contributed by atoms with Crippen LogP contribution in [0.3, 0.4) is 0 Å². The van der Waals surface area contributed by atoms with Gasteiger partial charge in [0.05, 0.1) is 6.61 Å². The van der Waals surface area contributed by atoms with E-state index in [-0.39, 0.29) is 0 Å². The van der Waals surface area contributed by atoms with Crippen molar-refractivity contribution in [3.8, 4) is 0 Å². The molecule has 0 radical (unpaired) electrons. The highest BCUT2D eigenvalue weighted by atomic mass is 16.5. The zero-order chi connectivity index (χ0) is 12.5. The summed E-state index contributed by atoms with van der Waals surface area (Å²) in [5.41, 5.74) is 1.28. The molecule has 17 heavy (non-hydrogen) atoms. The second-order valence-corrected chi connectivity index (χ2v) is 4.42. The summed E-state index contributed by atoms with van der Waals surface area (Å²) in [5, 5.41) is 3.44. The molecule has 0 saturated heterocycles. The largest absolute Gasteiger partial charge is 0.383 e. The lowest BCUT2D eigenvalue weighted by Gasteiger charge is -2.20. The van der Waals surface area contributed by atoms with Crippen LogP contribution in [0.5, 0.6) is 0 Å². The van der Waals surface area contributed by atoms with E-state index in [9.17, 15) is 0 Å². The van der Waals surface area contributed by atoms with Gasteiger partial charge in [0, 0.05) is 32.4 Å². The average molecular weight is 236 g/mol. The van der Waals surface area contributed by atoms with E-state index < -0.39 is 0 Å². The topological polar surface area (TPSA) is 24.5 Å². The van der Waals surface area contributed by atoms with E-state index in [1.165, 1.54) is 5.69 Å². The number of ether oxygens (including phenoxy) is 1. The van der Waals surface area contributed by atoms with Crippen molar-refractivity contribution < 1.29 is 4.74 Å². The highest BCUT2D eigenvalue weighted by Gasteiger charge is 2.01. The summed E-state index contributed by atoms with van der Waals surface area (Å²) in [6, 6.07) is 10.9. The van der Waals surface area contributed by atoms with Crippen LogP contribution in [0.1, 0.15) is 13.3 Å². The maximum atomic E-state index is 5.08. The Balaban J connectivity index is 2.14. The van der Waals surface area contributed by atoms with Crippen LogP contribution in [-0.4, -0.2) is 39.9 Å². The summed E-state index contributed by atoms with van der Waals surface area (Å²) in [6.07, 6.45) is 1.14. The standard InChI is InChI=1S/C14H24N2O/c1-13(12-17-3)15-10-7-11-16(2)14-8-5-4-6-9-14/h4-6,8-9,13,15H,7,10-12H2,1-3H3. The van der Waals surface area contributed by atoms with Gasteiger partial charge in [-0.25, -0.2) is 0 Å². The van der Waals surface area contributed by atoms with Gasteiger partial charge in [0.1, 0.15) is 0 Å². The van der Waals surface area contributed by atoms with Crippen LogP contribution in [0.4, 0.5) is 5.69 Å². The van der Waals surface area contributed by atoms with Crippen LogP contribution in [-0.2, 0) is 4.74 Å². The molecular formula is C14H24N2O. The summed E-state index contributed by atoms with van der Waals surface area (Å²) in [7, 11) is 3.87. The van der Waals surface area contributed by atoms with Gasteiger partial charge in [0.25, 0.3) is 0 Å². The first-order valence-corrected chi connectivity index (χ1v) is 6.22. The van der Waals surface area contributed by atoms with Gasteiger partial charge in [-0.3, -0.25) is 0 Å². The maximum absolute atomic E-state index is 5.08. The monoisotopic (exact) mass is 236 g/mol. The number of rotatable bonds is 8. The first-order valence-electron chi connectivity index (χ1n) is 6.22. The lowest BCUT2D eigenvalue weighted by Crippen LogP contribution is -2.32. The molecule has 1 aromatic carbocycles. The molecular weight excluding hydrogens is 212 g/mol. The summed E-state index contributed by atoms with van der Waals surface area (Å²) in [5.74, 6) is 0. The van der Waals surface area contributed by atoms with Crippen molar-refractivity contribution in [3.05, 3.63) is 30.3 Å². The number of hydrogen-bond donors (Lipinski definition) is 1. The molecule has 0 aromatic heterocycles. The molecule has 1 aromatic rings. The van der Waals surface area contributed by atoms with E-state index in [0.717, 1.165) is 26.1 Å². The number of hydrogen-bond acceptors (Lipinski definition) is 3. The number of para-hydroxylation sites is 1. The second-order valence-electron chi connectivity index (χ2n) is 4.42. The zero-order valence-corrected chi connectivity index (χ0v) is 11.1. The molecule has 0 fully saturated rings. The molecule has 0 saturated carbocycles.